The molecule has 3 rings (SSSR count). The van der Waals surface area contributed by atoms with Gasteiger partial charge < -0.3 is 15.7 Å². The quantitative estimate of drug-likeness (QED) is 0.712. The van der Waals surface area contributed by atoms with E-state index >= 15 is 0 Å². The van der Waals surface area contributed by atoms with Crippen LogP contribution >= 0.6 is 11.3 Å². The second-order valence-electron chi connectivity index (χ2n) is 6.07. The summed E-state index contributed by atoms with van der Waals surface area (Å²) in [5, 5.41) is 15.8. The second kappa shape index (κ2) is 6.40. The summed E-state index contributed by atoms with van der Waals surface area (Å²) in [4.78, 5) is 24.7. The maximum atomic E-state index is 13.7. The summed E-state index contributed by atoms with van der Waals surface area (Å²) in [7, 11) is 0. The first-order chi connectivity index (χ1) is 12.1. The van der Waals surface area contributed by atoms with Gasteiger partial charge in [0.1, 0.15) is 5.92 Å². The highest BCUT2D eigenvalue weighted by atomic mass is 32.1. The molecule has 1 fully saturated rings. The summed E-state index contributed by atoms with van der Waals surface area (Å²) in [6.45, 7) is 1.80. The number of alkyl halides is 3. The Morgan fingerprint density at radius 1 is 1.23 bits per heavy atom. The summed E-state index contributed by atoms with van der Waals surface area (Å²) in [5.74, 6) is -2.89. The van der Waals surface area contributed by atoms with Crippen LogP contribution in [-0.2, 0) is 0 Å². The number of Topliss-reactive ketones (excluding diaryl/α,β-unsaturated/α-hetero) is 1. The molecule has 138 valence electrons. The van der Waals surface area contributed by atoms with Crippen LogP contribution < -0.4 is 10.6 Å². The van der Waals surface area contributed by atoms with Crippen molar-refractivity contribution in [3.8, 4) is 0 Å². The molecular weight excluding hydrogens is 369 g/mol. The number of hydrogen-bond donors (Lipinski definition) is 3. The number of hydrogen-bond acceptors (Lipinski definition) is 4. The number of amides is 2. The van der Waals surface area contributed by atoms with Crippen molar-refractivity contribution >= 4 is 23.2 Å². The number of benzene rings is 1. The molecule has 0 saturated carbocycles. The molecule has 1 aromatic heterocycles. The molecule has 1 saturated heterocycles. The third kappa shape index (κ3) is 3.08. The van der Waals surface area contributed by atoms with Crippen molar-refractivity contribution in [1.82, 2.24) is 10.6 Å². The van der Waals surface area contributed by atoms with E-state index in [1.54, 1.807) is 24.4 Å². The minimum absolute atomic E-state index is 0.0627. The molecule has 3 atom stereocenters. The third-order valence-corrected chi connectivity index (χ3v) is 5.17. The van der Waals surface area contributed by atoms with Crippen molar-refractivity contribution < 1.29 is 27.9 Å². The van der Waals surface area contributed by atoms with Gasteiger partial charge >= 0.3 is 12.2 Å². The van der Waals surface area contributed by atoms with Gasteiger partial charge in [0.2, 0.25) is 5.72 Å². The number of aryl methyl sites for hydroxylation is 1. The van der Waals surface area contributed by atoms with E-state index < -0.39 is 35.7 Å². The standard InChI is InChI=1S/C17H15F3N2O3S/c1-9-4-6-10(7-5-9)13-12(14(23)11-3-2-8-26-11)16(25,17(18,19)20)22-15(24)21-13/h2-8,12-13,25H,1H3,(H2,21,22,24)/t12-,13+,16+/m1/s1. The average Bonchev–Trinajstić information content (AvgIpc) is 3.08. The molecule has 5 nitrogen and oxygen atoms in total. The highest BCUT2D eigenvalue weighted by molar-refractivity contribution is 7.12. The number of carbonyl (C=O) groups is 2. The molecule has 1 aliphatic heterocycles. The number of urea groups is 1. The Morgan fingerprint density at radius 2 is 1.88 bits per heavy atom. The lowest BCUT2D eigenvalue weighted by molar-refractivity contribution is -0.287. The minimum Gasteiger partial charge on any atom is -0.363 e. The van der Waals surface area contributed by atoms with Gasteiger partial charge in [-0.3, -0.25) is 4.79 Å². The van der Waals surface area contributed by atoms with Crippen LogP contribution in [0, 0.1) is 12.8 Å². The fourth-order valence-electron chi connectivity index (χ4n) is 2.96. The van der Waals surface area contributed by atoms with Crippen LogP contribution in [-0.4, -0.2) is 28.8 Å². The summed E-state index contributed by atoms with van der Waals surface area (Å²) >= 11 is 0.968. The molecule has 9 heteroatoms. The summed E-state index contributed by atoms with van der Waals surface area (Å²) in [6, 6.07) is 6.73. The van der Waals surface area contributed by atoms with Crippen molar-refractivity contribution in [2.75, 3.05) is 0 Å². The van der Waals surface area contributed by atoms with E-state index in [2.05, 4.69) is 5.32 Å². The van der Waals surface area contributed by atoms with Crippen LogP contribution in [0.5, 0.6) is 0 Å². The molecule has 2 aromatic rings. The monoisotopic (exact) mass is 384 g/mol. The van der Waals surface area contributed by atoms with E-state index in [-0.39, 0.29) is 4.88 Å². The molecule has 0 bridgehead atoms. The lowest BCUT2D eigenvalue weighted by Crippen LogP contribution is -2.72. The minimum atomic E-state index is -5.24. The first-order valence-electron chi connectivity index (χ1n) is 7.65. The average molecular weight is 384 g/mol. The van der Waals surface area contributed by atoms with E-state index in [1.165, 1.54) is 29.6 Å². The largest absolute Gasteiger partial charge is 0.437 e. The zero-order valence-corrected chi connectivity index (χ0v) is 14.3. The van der Waals surface area contributed by atoms with E-state index in [0.717, 1.165) is 16.9 Å². The van der Waals surface area contributed by atoms with E-state index in [1.807, 2.05) is 0 Å². The van der Waals surface area contributed by atoms with E-state index in [9.17, 15) is 27.9 Å². The number of halogens is 3. The smallest absolute Gasteiger partial charge is 0.363 e. The maximum absolute atomic E-state index is 13.7. The Hall–Kier alpha value is -2.39. The van der Waals surface area contributed by atoms with Gasteiger partial charge in [0.25, 0.3) is 0 Å². The number of ketones is 1. The number of nitrogens with one attached hydrogen (secondary N) is 2. The third-order valence-electron chi connectivity index (χ3n) is 4.29. The van der Waals surface area contributed by atoms with Crippen LogP contribution in [0.25, 0.3) is 0 Å². The van der Waals surface area contributed by atoms with Gasteiger partial charge in [-0.2, -0.15) is 13.2 Å². The molecule has 26 heavy (non-hydrogen) atoms. The first-order valence-corrected chi connectivity index (χ1v) is 8.53. The van der Waals surface area contributed by atoms with Crippen molar-refractivity contribution in [1.29, 1.82) is 0 Å². The summed E-state index contributed by atoms with van der Waals surface area (Å²) < 4.78 is 41.0. The van der Waals surface area contributed by atoms with Crippen molar-refractivity contribution in [3.63, 3.8) is 0 Å². The zero-order valence-electron chi connectivity index (χ0n) is 13.5. The summed E-state index contributed by atoms with van der Waals surface area (Å²) in [5.41, 5.74) is -2.53. The predicted octanol–water partition coefficient (Wildman–Crippen LogP) is 3.16. The van der Waals surface area contributed by atoms with Crippen molar-refractivity contribution in [2.24, 2.45) is 5.92 Å². The number of thiophene rings is 1. The highest BCUT2D eigenvalue weighted by Gasteiger charge is 2.66. The van der Waals surface area contributed by atoms with Crippen LogP contribution in [0.1, 0.15) is 26.8 Å². The molecule has 0 radical (unpaired) electrons. The molecule has 0 aliphatic carbocycles. The van der Waals surface area contributed by atoms with Gasteiger partial charge in [-0.1, -0.05) is 35.9 Å². The number of carbonyl (C=O) groups excluding carboxylic acids is 2. The molecule has 2 amide bonds. The Morgan fingerprint density at radius 3 is 2.42 bits per heavy atom. The topological polar surface area (TPSA) is 78.4 Å². The van der Waals surface area contributed by atoms with Gasteiger partial charge in [0.15, 0.2) is 5.78 Å². The molecule has 0 unspecified atom stereocenters. The van der Waals surface area contributed by atoms with Crippen LogP contribution in [0.15, 0.2) is 41.8 Å². The molecular formula is C17H15F3N2O3S. The van der Waals surface area contributed by atoms with Gasteiger partial charge in [0, 0.05) is 0 Å². The second-order valence-corrected chi connectivity index (χ2v) is 7.02. The van der Waals surface area contributed by atoms with Crippen LogP contribution in [0.2, 0.25) is 0 Å². The van der Waals surface area contributed by atoms with Gasteiger partial charge in [0.05, 0.1) is 10.9 Å². The van der Waals surface area contributed by atoms with Crippen LogP contribution in [0.3, 0.4) is 0 Å². The maximum Gasteiger partial charge on any atom is 0.437 e. The predicted molar refractivity (Wildman–Crippen MR) is 88.7 cm³/mol. The summed E-state index contributed by atoms with van der Waals surface area (Å²) in [6.07, 6.45) is -5.24. The normalized spacial score (nSPS) is 26.1. The molecule has 2 heterocycles. The zero-order chi connectivity index (χ0) is 19.1. The van der Waals surface area contributed by atoms with E-state index in [4.69, 9.17) is 0 Å². The lowest BCUT2D eigenvalue weighted by atomic mass is 9.78. The SMILES string of the molecule is Cc1ccc([C@@H]2NC(=O)N[C@@](O)(C(F)(F)F)[C@H]2C(=O)c2cccs2)cc1. The first kappa shape index (κ1) is 18.4. The van der Waals surface area contributed by atoms with Gasteiger partial charge in [-0.05, 0) is 23.9 Å². The fourth-order valence-corrected chi connectivity index (χ4v) is 3.67. The van der Waals surface area contributed by atoms with Gasteiger partial charge in [-0.25, -0.2) is 4.79 Å². The Labute approximate surface area is 150 Å². The van der Waals surface area contributed by atoms with Crippen molar-refractivity contribution in [2.45, 2.75) is 24.9 Å². The number of aliphatic hydroxyl groups is 1. The van der Waals surface area contributed by atoms with Crippen LogP contribution in [0.4, 0.5) is 18.0 Å². The van der Waals surface area contributed by atoms with Crippen molar-refractivity contribution in [3.05, 3.63) is 57.8 Å². The molecule has 0 spiro atoms. The molecule has 1 aliphatic rings. The molecule has 1 aromatic carbocycles. The fraction of sp³-hybridized carbons (Fsp3) is 0.294. The van der Waals surface area contributed by atoms with Gasteiger partial charge in [-0.15, -0.1) is 11.3 Å². The lowest BCUT2D eigenvalue weighted by Gasteiger charge is -2.44. The Bertz CT molecular complexity index is 821. The Balaban J connectivity index is 2.14. The number of rotatable bonds is 3. The van der Waals surface area contributed by atoms with E-state index in [0.29, 0.717) is 5.56 Å². The highest BCUT2D eigenvalue weighted by Crippen LogP contribution is 2.44. The Kier molecular flexibility index (Phi) is 4.53. The molecule has 3 N–H and O–H groups in total.